The maximum atomic E-state index is 13.9. The summed E-state index contributed by atoms with van der Waals surface area (Å²) in [5.41, 5.74) is 4.62. The number of benzene rings is 3. The van der Waals surface area contributed by atoms with Crippen LogP contribution < -0.4 is 15.1 Å². The predicted octanol–water partition coefficient (Wildman–Crippen LogP) is 8.34. The molecule has 1 heterocycles. The molecule has 1 atom stereocenters. The number of carboxylic acids is 1. The number of aromatic nitrogens is 2. The summed E-state index contributed by atoms with van der Waals surface area (Å²) in [6, 6.07) is 23.1. The minimum absolute atomic E-state index is 0.0313. The third-order valence-corrected chi connectivity index (χ3v) is 8.81. The first kappa shape index (κ1) is 33.0. The zero-order valence-corrected chi connectivity index (χ0v) is 27.3. The van der Waals surface area contributed by atoms with Crippen LogP contribution in [-0.4, -0.2) is 39.4 Å². The lowest BCUT2D eigenvalue weighted by Crippen LogP contribution is -2.51. The van der Waals surface area contributed by atoms with Gasteiger partial charge in [-0.05, 0) is 67.5 Å². The molecule has 4 aromatic rings. The van der Waals surface area contributed by atoms with E-state index < -0.39 is 12.1 Å². The fourth-order valence-corrected chi connectivity index (χ4v) is 6.28. The van der Waals surface area contributed by atoms with Gasteiger partial charge < -0.3 is 15.2 Å². The number of aliphatic carboxylic acids is 1. The van der Waals surface area contributed by atoms with Crippen LogP contribution in [0.25, 0.3) is 11.0 Å². The minimum Gasteiger partial charge on any atom is -0.478 e. The maximum Gasteiger partial charge on any atom is 0.349 e. The predicted molar refractivity (Wildman–Crippen MR) is 183 cm³/mol. The molecular formula is C38H48N4O4. The Labute approximate surface area is 272 Å². The monoisotopic (exact) mass is 624 g/mol. The first-order valence-electron chi connectivity index (χ1n) is 17.1. The number of urea groups is 1. The lowest BCUT2D eigenvalue weighted by molar-refractivity contribution is -0.145. The molecule has 1 saturated carbocycles. The van der Waals surface area contributed by atoms with Crippen LogP contribution in [-0.2, 0) is 17.6 Å². The van der Waals surface area contributed by atoms with E-state index >= 15 is 0 Å². The molecule has 1 aliphatic carbocycles. The Bertz CT molecular complexity index is 1560. The van der Waals surface area contributed by atoms with Crippen molar-refractivity contribution in [1.82, 2.24) is 15.0 Å². The smallest absolute Gasteiger partial charge is 0.349 e. The van der Waals surface area contributed by atoms with E-state index in [1.54, 1.807) is 24.3 Å². The normalized spacial score (nSPS) is 14.2. The third-order valence-electron chi connectivity index (χ3n) is 8.81. The van der Waals surface area contributed by atoms with Gasteiger partial charge in [-0.25, -0.2) is 24.3 Å². The van der Waals surface area contributed by atoms with Crippen LogP contribution >= 0.6 is 0 Å². The molecule has 1 aliphatic rings. The minimum atomic E-state index is -1.08. The van der Waals surface area contributed by atoms with E-state index in [2.05, 4.69) is 42.0 Å². The van der Waals surface area contributed by atoms with Crippen molar-refractivity contribution in [2.75, 3.05) is 11.6 Å². The highest BCUT2D eigenvalue weighted by Crippen LogP contribution is 2.26. The molecule has 1 fully saturated rings. The zero-order valence-electron chi connectivity index (χ0n) is 27.3. The van der Waals surface area contributed by atoms with Gasteiger partial charge in [-0.1, -0.05) is 101 Å². The summed E-state index contributed by atoms with van der Waals surface area (Å²) >= 11 is 0. The lowest BCUT2D eigenvalue weighted by Gasteiger charge is -2.30. The Morgan fingerprint density at radius 1 is 0.935 bits per heavy atom. The maximum absolute atomic E-state index is 13.9. The number of ether oxygens (including phenoxy) is 1. The van der Waals surface area contributed by atoms with Crippen molar-refractivity contribution in [2.45, 2.75) is 103 Å². The molecule has 46 heavy (non-hydrogen) atoms. The Hall–Kier alpha value is -4.33. The van der Waals surface area contributed by atoms with Gasteiger partial charge in [0, 0.05) is 24.6 Å². The van der Waals surface area contributed by atoms with Crippen molar-refractivity contribution in [3.63, 3.8) is 0 Å². The van der Waals surface area contributed by atoms with Crippen LogP contribution in [0.2, 0.25) is 0 Å². The van der Waals surface area contributed by atoms with Crippen molar-refractivity contribution in [3.05, 3.63) is 95.3 Å². The first-order chi connectivity index (χ1) is 22.5. The molecule has 1 aromatic heterocycles. The van der Waals surface area contributed by atoms with Gasteiger partial charge in [-0.3, -0.25) is 0 Å². The number of fused-ring (bicyclic) bond motifs is 1. The van der Waals surface area contributed by atoms with Gasteiger partial charge in [0.25, 0.3) is 0 Å². The molecule has 0 saturated heterocycles. The molecule has 0 spiro atoms. The highest BCUT2D eigenvalue weighted by Gasteiger charge is 2.25. The SMILES string of the molecule is CCCCCN(C(=O)NC1CCCCC1)n1c(CCCC)nc2ccc(Cc3ccc(OC(C(=O)O)c4ccccc4)cc3)cc21. The van der Waals surface area contributed by atoms with Gasteiger partial charge in [0.15, 0.2) is 0 Å². The average molecular weight is 625 g/mol. The number of unbranched alkanes of at least 4 members (excludes halogenated alkanes) is 3. The Kier molecular flexibility index (Phi) is 11.7. The number of amides is 2. The lowest BCUT2D eigenvalue weighted by atomic mass is 9.96. The molecule has 5 rings (SSSR count). The molecule has 2 N–H and O–H groups in total. The molecular weight excluding hydrogens is 576 g/mol. The summed E-state index contributed by atoms with van der Waals surface area (Å²) in [5.74, 6) is 0.396. The van der Waals surface area contributed by atoms with E-state index in [0.717, 1.165) is 79.4 Å². The first-order valence-corrected chi connectivity index (χ1v) is 17.1. The largest absolute Gasteiger partial charge is 0.478 e. The van der Waals surface area contributed by atoms with E-state index in [4.69, 9.17) is 9.72 Å². The Morgan fingerprint density at radius 3 is 2.35 bits per heavy atom. The van der Waals surface area contributed by atoms with Crippen molar-refractivity contribution < 1.29 is 19.4 Å². The fourth-order valence-electron chi connectivity index (χ4n) is 6.28. The number of nitrogens with one attached hydrogen (secondary N) is 1. The van der Waals surface area contributed by atoms with Gasteiger partial charge >= 0.3 is 12.0 Å². The standard InChI is InChI=1S/C38H48N4O4/c1-3-5-13-25-41(38(45)39-31-16-11-8-12-17-31)42-34-27-29(21-24-33(34)40-35(42)18-6-4-2)26-28-19-22-32(23-20-28)46-36(37(43)44)30-14-9-7-10-15-30/h7,9-10,14-15,19-24,27,31,36H,3-6,8,11-13,16-18,25-26H2,1-2H3,(H,39,45)(H,43,44). The molecule has 2 amide bonds. The van der Waals surface area contributed by atoms with Crippen LogP contribution in [0.5, 0.6) is 5.75 Å². The summed E-state index contributed by atoms with van der Waals surface area (Å²) in [7, 11) is 0. The number of hydrogen-bond acceptors (Lipinski definition) is 4. The molecule has 3 aromatic carbocycles. The molecule has 1 unspecified atom stereocenters. The number of aryl methyl sites for hydroxylation is 1. The van der Waals surface area contributed by atoms with Crippen molar-refractivity contribution in [1.29, 1.82) is 0 Å². The number of nitrogens with zero attached hydrogens (tertiary/aromatic N) is 3. The summed E-state index contributed by atoms with van der Waals surface area (Å²) in [6.07, 6.45) is 11.2. The van der Waals surface area contributed by atoms with Crippen molar-refractivity contribution in [3.8, 4) is 5.75 Å². The second kappa shape index (κ2) is 16.3. The van der Waals surface area contributed by atoms with Crippen molar-refractivity contribution in [2.24, 2.45) is 0 Å². The number of rotatable bonds is 15. The second-order valence-corrected chi connectivity index (χ2v) is 12.4. The summed E-state index contributed by atoms with van der Waals surface area (Å²) in [5, 5.41) is 15.0. The van der Waals surface area contributed by atoms with Crippen LogP contribution in [0, 0.1) is 0 Å². The van der Waals surface area contributed by atoms with Crippen LogP contribution in [0.15, 0.2) is 72.8 Å². The van der Waals surface area contributed by atoms with E-state index in [1.807, 2.05) is 35.3 Å². The number of carbonyl (C=O) groups is 2. The van der Waals surface area contributed by atoms with Gasteiger partial charge in [-0.2, -0.15) is 0 Å². The van der Waals surface area contributed by atoms with Gasteiger partial charge in [0.1, 0.15) is 11.6 Å². The van der Waals surface area contributed by atoms with E-state index in [-0.39, 0.29) is 12.1 Å². The Morgan fingerprint density at radius 2 is 1.65 bits per heavy atom. The number of carbonyl (C=O) groups excluding carboxylic acids is 1. The molecule has 0 radical (unpaired) electrons. The fraction of sp³-hybridized carbons (Fsp3) is 0.447. The van der Waals surface area contributed by atoms with Crippen LogP contribution in [0.4, 0.5) is 4.79 Å². The third kappa shape index (κ3) is 8.47. The Balaban J connectivity index is 1.40. The van der Waals surface area contributed by atoms with Gasteiger partial charge in [0.2, 0.25) is 6.10 Å². The van der Waals surface area contributed by atoms with Crippen molar-refractivity contribution >= 4 is 23.0 Å². The highest BCUT2D eigenvalue weighted by atomic mass is 16.5. The number of carboxylic acid groups (broad SMARTS) is 1. The van der Waals surface area contributed by atoms with E-state index in [9.17, 15) is 14.7 Å². The zero-order chi connectivity index (χ0) is 32.3. The number of hydrogen-bond donors (Lipinski definition) is 2. The molecule has 8 nitrogen and oxygen atoms in total. The van der Waals surface area contributed by atoms with Crippen LogP contribution in [0.3, 0.4) is 0 Å². The summed E-state index contributed by atoms with van der Waals surface area (Å²) in [6.45, 7) is 5.01. The van der Waals surface area contributed by atoms with E-state index in [0.29, 0.717) is 24.3 Å². The average Bonchev–Trinajstić information content (AvgIpc) is 3.43. The molecule has 8 heteroatoms. The molecule has 0 bridgehead atoms. The number of imidazole rings is 1. The topological polar surface area (TPSA) is 96.7 Å². The molecule has 0 aliphatic heterocycles. The second-order valence-electron chi connectivity index (χ2n) is 12.4. The van der Waals surface area contributed by atoms with Gasteiger partial charge in [0.05, 0.1) is 11.0 Å². The molecule has 244 valence electrons. The quantitative estimate of drug-likeness (QED) is 0.130. The van der Waals surface area contributed by atoms with E-state index in [1.165, 1.54) is 19.3 Å². The summed E-state index contributed by atoms with van der Waals surface area (Å²) in [4.78, 5) is 30.8. The van der Waals surface area contributed by atoms with Crippen LogP contribution in [0.1, 0.15) is 107 Å². The highest BCUT2D eigenvalue weighted by molar-refractivity contribution is 5.88. The summed E-state index contributed by atoms with van der Waals surface area (Å²) < 4.78 is 7.96. The van der Waals surface area contributed by atoms with Gasteiger partial charge in [-0.15, -0.1) is 0 Å².